The summed E-state index contributed by atoms with van der Waals surface area (Å²) >= 11 is 0. The third-order valence-corrected chi connectivity index (χ3v) is 7.51. The van der Waals surface area contributed by atoms with Crippen molar-refractivity contribution >= 4 is 5.97 Å². The van der Waals surface area contributed by atoms with Crippen molar-refractivity contribution in [3.05, 3.63) is 0 Å². The van der Waals surface area contributed by atoms with Crippen LogP contribution in [0.5, 0.6) is 0 Å². The zero-order chi connectivity index (χ0) is 27.5. The molecule has 0 unspecified atom stereocenters. The summed E-state index contributed by atoms with van der Waals surface area (Å²) in [6.07, 6.45) is 39.4. The zero-order valence-corrected chi connectivity index (χ0v) is 28.7. The molecule has 4 heteroatoms. The predicted molar refractivity (Wildman–Crippen MR) is 166 cm³/mol. The Kier molecular flexibility index (Phi) is 47.3. The Bertz CT molecular complexity index is 396. The quantitative estimate of drug-likeness (QED) is 0.0693. The van der Waals surface area contributed by atoms with Gasteiger partial charge in [0.15, 0.2) is 0 Å². The minimum Gasteiger partial charge on any atom is -1.00 e. The molecule has 0 atom stereocenters. The van der Waals surface area contributed by atoms with Gasteiger partial charge in [-0.15, -0.1) is 0 Å². The van der Waals surface area contributed by atoms with Crippen LogP contribution >= 0.6 is 0 Å². The van der Waals surface area contributed by atoms with Crippen molar-refractivity contribution in [3.8, 4) is 0 Å². The van der Waals surface area contributed by atoms with Crippen LogP contribution in [-0.2, 0) is 4.79 Å². The smallest absolute Gasteiger partial charge is 1.00 e. The number of carbonyl (C=O) groups is 1. The number of aliphatic hydroxyl groups excluding tert-OH is 1. The van der Waals surface area contributed by atoms with Gasteiger partial charge in [0.1, 0.15) is 0 Å². The van der Waals surface area contributed by atoms with Crippen LogP contribution in [0.2, 0.25) is 0 Å². The molecule has 0 aromatic heterocycles. The number of unbranched alkanes of at least 4 members (excludes halogenated alkanes) is 27. The van der Waals surface area contributed by atoms with Crippen LogP contribution in [0.25, 0.3) is 0 Å². The number of hydrogen-bond donors (Lipinski definition) is 2. The Labute approximate surface area is 263 Å². The van der Waals surface area contributed by atoms with Gasteiger partial charge < -0.3 is 11.6 Å². The van der Waals surface area contributed by atoms with Gasteiger partial charge in [0.25, 0.3) is 0 Å². The van der Waals surface area contributed by atoms with Gasteiger partial charge in [0, 0.05) is 13.0 Å². The summed E-state index contributed by atoms with van der Waals surface area (Å²) in [4.78, 5) is 10.3. The minimum atomic E-state index is -0.653. The van der Waals surface area contributed by atoms with E-state index in [-0.39, 0.29) is 31.0 Å². The van der Waals surface area contributed by atoms with Crippen LogP contribution in [0.15, 0.2) is 0 Å². The number of carboxylic acid groups (broad SMARTS) is 1. The zero-order valence-electron chi connectivity index (χ0n) is 27.7. The Balaban J connectivity index is -0.000000302. The molecule has 0 amide bonds. The SMILES string of the molecule is CCCCCCCCCCCCCCCCCC(=O)O.CCCCCCCCCCCCCCCCO.[H-].[Na+]. The standard InChI is InChI=1S/C18H36O2.C16H34O.Na.H/c1-2-3-4-5-6-7-8-9-10-11-12-13-14-15-16-17-18(19)20;1-2-3-4-5-6-7-8-9-10-11-12-13-14-15-16-17;;/h2-17H2,1H3,(H,19,20);17H,2-16H2,1H3;;/q;;+1;-1. The molecule has 0 fully saturated rings. The number of rotatable bonds is 30. The summed E-state index contributed by atoms with van der Waals surface area (Å²) in [7, 11) is 0. The van der Waals surface area contributed by atoms with Gasteiger partial charge >= 0.3 is 35.5 Å². The van der Waals surface area contributed by atoms with Gasteiger partial charge in [0.2, 0.25) is 0 Å². The normalized spacial score (nSPS) is 10.6. The average molecular weight is 551 g/mol. The molecule has 0 bridgehead atoms. The largest absolute Gasteiger partial charge is 1.00 e. The van der Waals surface area contributed by atoms with E-state index < -0.39 is 5.97 Å². The van der Waals surface area contributed by atoms with Gasteiger partial charge in [-0.3, -0.25) is 4.79 Å². The second-order valence-electron chi connectivity index (χ2n) is 11.4. The van der Waals surface area contributed by atoms with Crippen LogP contribution in [0, 0.1) is 0 Å². The molecule has 0 saturated heterocycles. The van der Waals surface area contributed by atoms with Crippen molar-refractivity contribution in [1.29, 1.82) is 0 Å². The van der Waals surface area contributed by atoms with E-state index in [4.69, 9.17) is 10.2 Å². The van der Waals surface area contributed by atoms with Crippen molar-refractivity contribution in [1.82, 2.24) is 0 Å². The Morgan fingerprint density at radius 3 is 0.842 bits per heavy atom. The topological polar surface area (TPSA) is 57.5 Å². The molecule has 0 heterocycles. The van der Waals surface area contributed by atoms with E-state index in [0.29, 0.717) is 13.0 Å². The molecule has 0 spiro atoms. The molecule has 38 heavy (non-hydrogen) atoms. The molecular weight excluding hydrogens is 479 g/mol. The molecule has 0 aromatic rings. The van der Waals surface area contributed by atoms with Crippen molar-refractivity contribution in [2.24, 2.45) is 0 Å². The Hall–Kier alpha value is 0.430. The third-order valence-electron chi connectivity index (χ3n) is 7.51. The average Bonchev–Trinajstić information content (AvgIpc) is 2.89. The molecule has 0 aliphatic heterocycles. The van der Waals surface area contributed by atoms with E-state index in [1.807, 2.05) is 0 Å². The maximum Gasteiger partial charge on any atom is 1.00 e. The van der Waals surface area contributed by atoms with E-state index in [9.17, 15) is 4.79 Å². The predicted octanol–water partition coefficient (Wildman–Crippen LogP) is 8.91. The number of hydrogen-bond acceptors (Lipinski definition) is 2. The van der Waals surface area contributed by atoms with Crippen LogP contribution in [-0.4, -0.2) is 22.8 Å². The van der Waals surface area contributed by atoms with Gasteiger partial charge in [-0.25, -0.2) is 0 Å². The molecule has 2 N–H and O–H groups in total. The molecule has 0 saturated carbocycles. The second kappa shape index (κ2) is 41.9. The van der Waals surface area contributed by atoms with E-state index in [1.165, 1.54) is 167 Å². The number of aliphatic carboxylic acids is 1. The summed E-state index contributed by atoms with van der Waals surface area (Å²) in [6.45, 7) is 4.92. The van der Waals surface area contributed by atoms with Crippen molar-refractivity contribution < 1.29 is 46.0 Å². The molecule has 226 valence electrons. The monoisotopic (exact) mass is 551 g/mol. The minimum absolute atomic E-state index is 0. The van der Waals surface area contributed by atoms with Crippen LogP contribution in [0.3, 0.4) is 0 Å². The maximum absolute atomic E-state index is 10.3. The van der Waals surface area contributed by atoms with Gasteiger partial charge in [-0.05, 0) is 12.8 Å². The summed E-state index contributed by atoms with van der Waals surface area (Å²) in [5, 5.41) is 17.2. The van der Waals surface area contributed by atoms with Crippen LogP contribution < -0.4 is 29.6 Å². The molecule has 0 rings (SSSR count). The molecule has 0 aliphatic carbocycles. The Morgan fingerprint density at radius 1 is 0.421 bits per heavy atom. The fraction of sp³-hybridized carbons (Fsp3) is 0.971. The van der Waals surface area contributed by atoms with Crippen molar-refractivity contribution in [2.75, 3.05) is 6.61 Å². The van der Waals surface area contributed by atoms with Gasteiger partial charge in [-0.1, -0.05) is 187 Å². The summed E-state index contributed by atoms with van der Waals surface area (Å²) in [5.41, 5.74) is 0. The summed E-state index contributed by atoms with van der Waals surface area (Å²) in [5.74, 6) is -0.653. The fourth-order valence-electron chi connectivity index (χ4n) is 4.95. The van der Waals surface area contributed by atoms with Crippen molar-refractivity contribution in [2.45, 2.75) is 206 Å². The molecule has 0 aromatic carbocycles. The first kappa shape index (κ1) is 42.9. The summed E-state index contributed by atoms with van der Waals surface area (Å²) < 4.78 is 0. The van der Waals surface area contributed by atoms with E-state index in [0.717, 1.165) is 19.3 Å². The number of carboxylic acids is 1. The first-order valence-corrected chi connectivity index (χ1v) is 17.0. The Morgan fingerprint density at radius 2 is 0.632 bits per heavy atom. The van der Waals surface area contributed by atoms with E-state index in [1.54, 1.807) is 0 Å². The second-order valence-corrected chi connectivity index (χ2v) is 11.4. The maximum atomic E-state index is 10.3. The molecular formula is C34H71NaO3. The first-order valence-electron chi connectivity index (χ1n) is 17.0. The molecule has 3 nitrogen and oxygen atoms in total. The van der Waals surface area contributed by atoms with E-state index >= 15 is 0 Å². The summed E-state index contributed by atoms with van der Waals surface area (Å²) in [6, 6.07) is 0. The molecule has 0 aliphatic rings. The van der Waals surface area contributed by atoms with Gasteiger partial charge in [-0.2, -0.15) is 0 Å². The van der Waals surface area contributed by atoms with Gasteiger partial charge in [0.05, 0.1) is 0 Å². The van der Waals surface area contributed by atoms with Crippen LogP contribution in [0.1, 0.15) is 208 Å². The fourth-order valence-corrected chi connectivity index (χ4v) is 4.95. The molecule has 0 radical (unpaired) electrons. The third kappa shape index (κ3) is 46.3. The van der Waals surface area contributed by atoms with E-state index in [2.05, 4.69) is 13.8 Å². The van der Waals surface area contributed by atoms with Crippen molar-refractivity contribution in [3.63, 3.8) is 0 Å². The van der Waals surface area contributed by atoms with Crippen LogP contribution in [0.4, 0.5) is 0 Å². The number of aliphatic hydroxyl groups is 1. The first-order chi connectivity index (χ1) is 18.2.